The molecule has 3 rings (SSSR count). The summed E-state index contributed by atoms with van der Waals surface area (Å²) in [6.07, 6.45) is 5.17. The van der Waals surface area contributed by atoms with E-state index in [2.05, 4.69) is 42.3 Å². The van der Waals surface area contributed by atoms with Crippen LogP contribution in [0.2, 0.25) is 0 Å². The van der Waals surface area contributed by atoms with Gasteiger partial charge in [0.1, 0.15) is 10.8 Å². The zero-order valence-corrected chi connectivity index (χ0v) is 13.5. The number of aromatic nitrogens is 1. The molecule has 1 aliphatic heterocycles. The third-order valence-electron chi connectivity index (χ3n) is 3.97. The summed E-state index contributed by atoms with van der Waals surface area (Å²) < 4.78 is 5.58. The minimum absolute atomic E-state index is 0.380. The number of fused-ring (bicyclic) bond motifs is 1. The third kappa shape index (κ3) is 3.27. The number of benzene rings is 1. The van der Waals surface area contributed by atoms with Gasteiger partial charge in [0.15, 0.2) is 0 Å². The number of nitrogens with zero attached hydrogens (tertiary/aromatic N) is 1. The van der Waals surface area contributed by atoms with Gasteiger partial charge in [0.2, 0.25) is 0 Å². The predicted octanol–water partition coefficient (Wildman–Crippen LogP) is 3.88. The second kappa shape index (κ2) is 6.58. The molecule has 1 atom stereocenters. The molecular formula is C17H22N2OS. The lowest BCUT2D eigenvalue weighted by Crippen LogP contribution is -2.20. The van der Waals surface area contributed by atoms with Crippen LogP contribution >= 0.6 is 11.3 Å². The Morgan fingerprint density at radius 3 is 3.05 bits per heavy atom. The number of nitrogens with one attached hydrogen (secondary N) is 1. The summed E-state index contributed by atoms with van der Waals surface area (Å²) >= 11 is 1.81. The SMILES string of the molecule is CCc1cnc(CNC(CC)c2ccc3c(c2)CCO3)s1. The second-order valence-electron chi connectivity index (χ2n) is 5.38. The Labute approximate surface area is 130 Å². The molecule has 0 saturated carbocycles. The highest BCUT2D eigenvalue weighted by Gasteiger charge is 2.16. The van der Waals surface area contributed by atoms with Crippen LogP contribution in [-0.4, -0.2) is 11.6 Å². The molecule has 4 heteroatoms. The molecule has 21 heavy (non-hydrogen) atoms. The Bertz CT molecular complexity index is 609. The van der Waals surface area contributed by atoms with Crippen molar-refractivity contribution >= 4 is 11.3 Å². The van der Waals surface area contributed by atoms with Crippen molar-refractivity contribution in [1.82, 2.24) is 10.3 Å². The van der Waals surface area contributed by atoms with Crippen molar-refractivity contribution < 1.29 is 4.74 Å². The first-order chi connectivity index (χ1) is 10.3. The van der Waals surface area contributed by atoms with E-state index in [0.717, 1.165) is 38.2 Å². The van der Waals surface area contributed by atoms with Gasteiger partial charge < -0.3 is 10.1 Å². The molecule has 0 saturated heterocycles. The van der Waals surface area contributed by atoms with Crippen LogP contribution in [0.4, 0.5) is 0 Å². The Hall–Kier alpha value is -1.39. The lowest BCUT2D eigenvalue weighted by molar-refractivity contribution is 0.356. The maximum atomic E-state index is 5.58. The van der Waals surface area contributed by atoms with Crippen LogP contribution in [0.15, 0.2) is 24.4 Å². The van der Waals surface area contributed by atoms with Crippen LogP contribution in [0.25, 0.3) is 0 Å². The van der Waals surface area contributed by atoms with Crippen LogP contribution in [0, 0.1) is 0 Å². The number of hydrogen-bond donors (Lipinski definition) is 1. The topological polar surface area (TPSA) is 34.2 Å². The van der Waals surface area contributed by atoms with Gasteiger partial charge in [-0.25, -0.2) is 4.98 Å². The molecule has 0 bridgehead atoms. The number of aryl methyl sites for hydroxylation is 1. The van der Waals surface area contributed by atoms with Gasteiger partial charge in [0, 0.05) is 30.1 Å². The zero-order valence-electron chi connectivity index (χ0n) is 12.7. The average Bonchev–Trinajstić information content (AvgIpc) is 3.16. The first kappa shape index (κ1) is 14.5. The van der Waals surface area contributed by atoms with Crippen LogP contribution in [0.5, 0.6) is 5.75 Å². The molecule has 112 valence electrons. The lowest BCUT2D eigenvalue weighted by atomic mass is 10.0. The minimum Gasteiger partial charge on any atom is -0.493 e. The summed E-state index contributed by atoms with van der Waals surface area (Å²) in [6, 6.07) is 6.97. The fraction of sp³-hybridized carbons (Fsp3) is 0.471. The quantitative estimate of drug-likeness (QED) is 0.879. The average molecular weight is 302 g/mol. The standard InChI is InChI=1S/C17H22N2OS/c1-3-14-10-19-17(21-14)11-18-15(4-2)12-5-6-16-13(9-12)7-8-20-16/h5-6,9-10,15,18H,3-4,7-8,11H2,1-2H3. The van der Waals surface area contributed by atoms with Crippen molar-refractivity contribution in [3.8, 4) is 5.75 Å². The predicted molar refractivity (Wildman–Crippen MR) is 87.0 cm³/mol. The summed E-state index contributed by atoms with van der Waals surface area (Å²) in [7, 11) is 0. The second-order valence-corrected chi connectivity index (χ2v) is 6.58. The third-order valence-corrected chi connectivity index (χ3v) is 5.12. The monoisotopic (exact) mass is 302 g/mol. The Morgan fingerprint density at radius 1 is 1.38 bits per heavy atom. The van der Waals surface area contributed by atoms with Gasteiger partial charge in [-0.2, -0.15) is 0 Å². The summed E-state index contributed by atoms with van der Waals surface area (Å²) in [5.74, 6) is 1.06. The molecule has 0 amide bonds. The van der Waals surface area contributed by atoms with E-state index in [1.54, 1.807) is 0 Å². The van der Waals surface area contributed by atoms with Crippen molar-refractivity contribution in [1.29, 1.82) is 0 Å². The Morgan fingerprint density at radius 2 is 2.29 bits per heavy atom. The molecule has 2 aromatic rings. The molecule has 3 nitrogen and oxygen atoms in total. The van der Waals surface area contributed by atoms with Crippen molar-refractivity contribution in [2.24, 2.45) is 0 Å². The summed E-state index contributed by atoms with van der Waals surface area (Å²) in [5, 5.41) is 4.81. The number of thiazole rings is 1. The van der Waals surface area contributed by atoms with Crippen LogP contribution < -0.4 is 10.1 Å². The van der Waals surface area contributed by atoms with E-state index in [4.69, 9.17) is 4.74 Å². The lowest BCUT2D eigenvalue weighted by Gasteiger charge is -2.17. The molecule has 1 aromatic heterocycles. The van der Waals surface area contributed by atoms with Gasteiger partial charge in [-0.15, -0.1) is 11.3 Å². The van der Waals surface area contributed by atoms with Crippen molar-refractivity contribution in [2.75, 3.05) is 6.61 Å². The summed E-state index contributed by atoms with van der Waals surface area (Å²) in [4.78, 5) is 5.84. The maximum absolute atomic E-state index is 5.58. The van der Waals surface area contributed by atoms with Gasteiger partial charge in [-0.05, 0) is 30.0 Å². The molecule has 1 unspecified atom stereocenters. The van der Waals surface area contributed by atoms with E-state index in [1.807, 2.05) is 17.5 Å². The zero-order chi connectivity index (χ0) is 14.7. The molecule has 1 aliphatic rings. The molecule has 1 aromatic carbocycles. The fourth-order valence-electron chi connectivity index (χ4n) is 2.72. The molecule has 0 aliphatic carbocycles. The van der Waals surface area contributed by atoms with Gasteiger partial charge >= 0.3 is 0 Å². The molecule has 0 radical (unpaired) electrons. The van der Waals surface area contributed by atoms with Gasteiger partial charge in [0.25, 0.3) is 0 Å². The Balaban J connectivity index is 1.67. The van der Waals surface area contributed by atoms with E-state index in [0.29, 0.717) is 6.04 Å². The van der Waals surface area contributed by atoms with E-state index < -0.39 is 0 Å². The summed E-state index contributed by atoms with van der Waals surface area (Å²) in [6.45, 7) is 6.06. The van der Waals surface area contributed by atoms with Gasteiger partial charge in [-0.1, -0.05) is 26.0 Å². The van der Waals surface area contributed by atoms with Crippen molar-refractivity contribution in [3.63, 3.8) is 0 Å². The van der Waals surface area contributed by atoms with E-state index in [-0.39, 0.29) is 0 Å². The van der Waals surface area contributed by atoms with Crippen LogP contribution in [-0.2, 0) is 19.4 Å². The number of hydrogen-bond acceptors (Lipinski definition) is 4. The van der Waals surface area contributed by atoms with Crippen molar-refractivity contribution in [2.45, 2.75) is 45.7 Å². The molecule has 1 N–H and O–H groups in total. The highest BCUT2D eigenvalue weighted by molar-refractivity contribution is 7.11. The molecule has 0 spiro atoms. The van der Waals surface area contributed by atoms with Gasteiger partial charge in [-0.3, -0.25) is 0 Å². The first-order valence-electron chi connectivity index (χ1n) is 7.72. The van der Waals surface area contributed by atoms with Crippen molar-refractivity contribution in [3.05, 3.63) is 45.4 Å². The van der Waals surface area contributed by atoms with E-state index in [1.165, 1.54) is 21.0 Å². The number of ether oxygens (including phenoxy) is 1. The molecule has 2 heterocycles. The number of rotatable bonds is 6. The highest BCUT2D eigenvalue weighted by Crippen LogP contribution is 2.29. The van der Waals surface area contributed by atoms with Crippen LogP contribution in [0.3, 0.4) is 0 Å². The highest BCUT2D eigenvalue weighted by atomic mass is 32.1. The smallest absolute Gasteiger partial charge is 0.122 e. The summed E-state index contributed by atoms with van der Waals surface area (Å²) in [5.41, 5.74) is 2.70. The first-order valence-corrected chi connectivity index (χ1v) is 8.54. The minimum atomic E-state index is 0.380. The van der Waals surface area contributed by atoms with Crippen LogP contribution in [0.1, 0.15) is 47.3 Å². The van der Waals surface area contributed by atoms with E-state index >= 15 is 0 Å². The maximum Gasteiger partial charge on any atom is 0.122 e. The Kier molecular flexibility index (Phi) is 4.56. The van der Waals surface area contributed by atoms with E-state index in [9.17, 15) is 0 Å². The van der Waals surface area contributed by atoms with Gasteiger partial charge in [0.05, 0.1) is 6.61 Å². The fourth-order valence-corrected chi connectivity index (χ4v) is 3.54. The molecule has 0 fully saturated rings. The largest absolute Gasteiger partial charge is 0.493 e. The molecular weight excluding hydrogens is 280 g/mol. The normalized spacial score (nSPS) is 14.8.